The summed E-state index contributed by atoms with van der Waals surface area (Å²) in [6, 6.07) is 0.0198. The lowest BCUT2D eigenvalue weighted by molar-refractivity contribution is -0.126. The zero-order valence-corrected chi connectivity index (χ0v) is 13.5. The van der Waals surface area contributed by atoms with Crippen molar-refractivity contribution in [3.05, 3.63) is 23.5 Å². The smallest absolute Gasteiger partial charge is 0.317 e. The highest BCUT2D eigenvalue weighted by molar-refractivity contribution is 7.15. The molecule has 3 aliphatic rings. The van der Waals surface area contributed by atoms with Crippen molar-refractivity contribution in [1.29, 1.82) is 0 Å². The molecule has 0 radical (unpaired) electrons. The number of fused-ring (bicyclic) bond motifs is 5. The van der Waals surface area contributed by atoms with Crippen LogP contribution in [0, 0.1) is 5.92 Å². The maximum absolute atomic E-state index is 12.3. The van der Waals surface area contributed by atoms with Crippen LogP contribution in [0.1, 0.15) is 18.5 Å². The van der Waals surface area contributed by atoms with E-state index in [-0.39, 0.29) is 23.9 Å². The van der Waals surface area contributed by atoms with Crippen LogP contribution in [0.4, 0.5) is 4.79 Å². The average Bonchev–Trinajstić information content (AvgIpc) is 2.98. The van der Waals surface area contributed by atoms with E-state index in [1.54, 1.807) is 16.2 Å². The molecule has 3 aliphatic heterocycles. The summed E-state index contributed by atoms with van der Waals surface area (Å²) < 4.78 is 1.99. The van der Waals surface area contributed by atoms with E-state index in [0.717, 1.165) is 23.5 Å². The number of nitrogens with one attached hydrogen (secondary N) is 2. The molecule has 3 fully saturated rings. The topological polar surface area (TPSA) is 78.7 Å². The van der Waals surface area contributed by atoms with Crippen molar-refractivity contribution in [2.45, 2.75) is 25.3 Å². The highest BCUT2D eigenvalue weighted by atomic mass is 32.1. The van der Waals surface area contributed by atoms with Crippen LogP contribution >= 0.6 is 11.3 Å². The largest absolute Gasteiger partial charge is 0.351 e. The van der Waals surface area contributed by atoms with Gasteiger partial charge in [-0.25, -0.2) is 9.78 Å². The molecule has 2 atom stereocenters. The number of urea groups is 1. The van der Waals surface area contributed by atoms with Crippen molar-refractivity contribution in [2.24, 2.45) is 5.92 Å². The standard InChI is InChI=1S/C15H19N5O2S/c21-13-10-1-2-11(17-13)9-20(7-10)14(22)16-4-3-12-8-19-5-6-23-15(19)18-12/h5-6,8,10-11H,1-4,7,9H2,(H,16,22)(H,17,21)/t10-,11+/m1/s1. The first kappa shape index (κ1) is 14.5. The van der Waals surface area contributed by atoms with Gasteiger partial charge >= 0.3 is 6.03 Å². The molecule has 3 saturated heterocycles. The Hall–Kier alpha value is -2.09. The van der Waals surface area contributed by atoms with Gasteiger partial charge in [-0.05, 0) is 12.8 Å². The van der Waals surface area contributed by atoms with Crippen LogP contribution < -0.4 is 10.6 Å². The summed E-state index contributed by atoms with van der Waals surface area (Å²) in [5.74, 6) is 0.0362. The molecule has 2 bridgehead atoms. The fraction of sp³-hybridized carbons (Fsp3) is 0.533. The van der Waals surface area contributed by atoms with Crippen LogP contribution in [0.5, 0.6) is 0 Å². The van der Waals surface area contributed by atoms with Crippen LogP contribution in [0.25, 0.3) is 4.96 Å². The Bertz CT molecular complexity index is 711. The highest BCUT2D eigenvalue weighted by Crippen LogP contribution is 2.22. The van der Waals surface area contributed by atoms with Gasteiger partial charge in [0.15, 0.2) is 4.96 Å². The van der Waals surface area contributed by atoms with Crippen molar-refractivity contribution in [1.82, 2.24) is 24.9 Å². The third kappa shape index (κ3) is 2.90. The molecule has 122 valence electrons. The first-order chi connectivity index (χ1) is 11.2. The Labute approximate surface area is 137 Å². The van der Waals surface area contributed by atoms with Crippen LogP contribution in [-0.2, 0) is 11.2 Å². The number of imidazole rings is 1. The van der Waals surface area contributed by atoms with E-state index in [9.17, 15) is 9.59 Å². The molecule has 2 aromatic heterocycles. The molecular weight excluding hydrogens is 314 g/mol. The summed E-state index contributed by atoms with van der Waals surface area (Å²) in [6.07, 6.45) is 6.52. The van der Waals surface area contributed by atoms with Gasteiger partial charge in [-0.2, -0.15) is 0 Å². The molecular formula is C15H19N5O2S. The van der Waals surface area contributed by atoms with Gasteiger partial charge in [0.05, 0.1) is 11.6 Å². The Morgan fingerprint density at radius 1 is 1.43 bits per heavy atom. The predicted molar refractivity (Wildman–Crippen MR) is 86.4 cm³/mol. The van der Waals surface area contributed by atoms with E-state index in [0.29, 0.717) is 26.1 Å². The van der Waals surface area contributed by atoms with Crippen LogP contribution in [0.3, 0.4) is 0 Å². The summed E-state index contributed by atoms with van der Waals surface area (Å²) in [5, 5.41) is 7.93. The number of hydrogen-bond acceptors (Lipinski definition) is 4. The van der Waals surface area contributed by atoms with Gasteiger partial charge in [0.25, 0.3) is 0 Å². The van der Waals surface area contributed by atoms with Crippen molar-refractivity contribution < 1.29 is 9.59 Å². The van der Waals surface area contributed by atoms with Crippen molar-refractivity contribution in [3.63, 3.8) is 0 Å². The SMILES string of the molecule is O=C1N[C@H]2CC[C@@H]1CN(C(=O)NCCc1cn3ccsc3n1)C2. The fourth-order valence-corrected chi connectivity index (χ4v) is 4.03. The monoisotopic (exact) mass is 333 g/mol. The second-order valence-corrected chi connectivity index (χ2v) is 7.06. The van der Waals surface area contributed by atoms with Crippen molar-refractivity contribution in [3.8, 4) is 0 Å². The third-order valence-electron chi connectivity index (χ3n) is 4.55. The summed E-state index contributed by atoms with van der Waals surface area (Å²) in [5.41, 5.74) is 0.977. The first-order valence-corrected chi connectivity index (χ1v) is 8.81. The van der Waals surface area contributed by atoms with Crippen molar-refractivity contribution >= 4 is 28.2 Å². The number of amides is 3. The first-order valence-electron chi connectivity index (χ1n) is 7.93. The molecule has 0 unspecified atom stereocenters. The molecule has 3 amide bonds. The summed E-state index contributed by atoms with van der Waals surface area (Å²) in [6.45, 7) is 1.68. The molecule has 8 heteroatoms. The highest BCUT2D eigenvalue weighted by Gasteiger charge is 2.36. The normalized spacial score (nSPS) is 23.8. The third-order valence-corrected chi connectivity index (χ3v) is 5.32. The number of carbonyl (C=O) groups excluding carboxylic acids is 2. The maximum Gasteiger partial charge on any atom is 0.317 e. The molecule has 23 heavy (non-hydrogen) atoms. The Morgan fingerprint density at radius 2 is 2.35 bits per heavy atom. The zero-order valence-electron chi connectivity index (χ0n) is 12.7. The van der Waals surface area contributed by atoms with Gasteiger partial charge in [0.2, 0.25) is 5.91 Å². The summed E-state index contributed by atoms with van der Waals surface area (Å²) in [4.78, 5) is 31.4. The minimum absolute atomic E-state index is 0.0561. The molecule has 5 heterocycles. The number of carbonyl (C=O) groups is 2. The number of piperidine rings is 1. The van der Waals surface area contributed by atoms with E-state index < -0.39 is 0 Å². The number of aromatic nitrogens is 2. The summed E-state index contributed by atoms with van der Waals surface area (Å²) >= 11 is 1.60. The Kier molecular flexibility index (Phi) is 3.68. The van der Waals surface area contributed by atoms with E-state index in [4.69, 9.17) is 0 Å². The number of rotatable bonds is 3. The van der Waals surface area contributed by atoms with Gasteiger partial charge in [0.1, 0.15) is 0 Å². The number of hydrogen-bond donors (Lipinski definition) is 2. The molecule has 0 aliphatic carbocycles. The van der Waals surface area contributed by atoms with Crippen LogP contribution in [-0.4, -0.2) is 51.9 Å². The lowest BCUT2D eigenvalue weighted by Crippen LogP contribution is -2.45. The van der Waals surface area contributed by atoms with E-state index >= 15 is 0 Å². The quantitative estimate of drug-likeness (QED) is 0.874. The van der Waals surface area contributed by atoms with Gasteiger partial charge in [-0.1, -0.05) is 0 Å². The summed E-state index contributed by atoms with van der Waals surface area (Å²) in [7, 11) is 0. The molecule has 0 saturated carbocycles. The lowest BCUT2D eigenvalue weighted by Gasteiger charge is -2.23. The molecule has 0 spiro atoms. The minimum Gasteiger partial charge on any atom is -0.351 e. The predicted octanol–water partition coefficient (Wildman–Crippen LogP) is 0.858. The van der Waals surface area contributed by atoms with Gasteiger partial charge in [0, 0.05) is 49.9 Å². The van der Waals surface area contributed by atoms with E-state index in [1.807, 2.05) is 22.2 Å². The Balaban J connectivity index is 1.31. The number of nitrogens with zero attached hydrogens (tertiary/aromatic N) is 3. The van der Waals surface area contributed by atoms with Gasteiger partial charge in [-0.3, -0.25) is 9.20 Å². The molecule has 7 nitrogen and oxygen atoms in total. The Morgan fingerprint density at radius 3 is 3.17 bits per heavy atom. The van der Waals surface area contributed by atoms with Gasteiger partial charge in [-0.15, -0.1) is 11.3 Å². The molecule has 5 rings (SSSR count). The molecule has 0 aromatic carbocycles. The molecule has 2 aromatic rings. The number of thiazole rings is 1. The minimum atomic E-state index is -0.0839. The zero-order chi connectivity index (χ0) is 15.8. The lowest BCUT2D eigenvalue weighted by atomic mass is 9.96. The second kappa shape index (κ2) is 5.84. The van der Waals surface area contributed by atoms with Crippen LogP contribution in [0.15, 0.2) is 17.8 Å². The van der Waals surface area contributed by atoms with Crippen molar-refractivity contribution in [2.75, 3.05) is 19.6 Å². The maximum atomic E-state index is 12.3. The fourth-order valence-electron chi connectivity index (χ4n) is 3.31. The molecule has 2 N–H and O–H groups in total. The van der Waals surface area contributed by atoms with E-state index in [1.165, 1.54) is 0 Å². The second-order valence-electron chi connectivity index (χ2n) is 6.19. The van der Waals surface area contributed by atoms with Gasteiger partial charge < -0.3 is 15.5 Å². The van der Waals surface area contributed by atoms with Crippen LogP contribution in [0.2, 0.25) is 0 Å². The average molecular weight is 333 g/mol. The van der Waals surface area contributed by atoms with E-state index in [2.05, 4.69) is 15.6 Å².